The highest BCUT2D eigenvalue weighted by atomic mass is 32.1. The summed E-state index contributed by atoms with van der Waals surface area (Å²) in [4.78, 5) is 14.9. The summed E-state index contributed by atoms with van der Waals surface area (Å²) in [7, 11) is 0. The Hall–Kier alpha value is -2.12. The molecule has 0 aromatic heterocycles. The lowest BCUT2D eigenvalue weighted by molar-refractivity contribution is -0.149. The van der Waals surface area contributed by atoms with E-state index in [0.29, 0.717) is 24.0 Å². The van der Waals surface area contributed by atoms with E-state index < -0.39 is 5.92 Å². The maximum atomic E-state index is 12.7. The monoisotopic (exact) mass is 391 g/mol. The Morgan fingerprint density at radius 2 is 1.85 bits per heavy atom. The maximum Gasteiger partial charge on any atom is 0.317 e. The summed E-state index contributed by atoms with van der Waals surface area (Å²) in [6.45, 7) is 13.2. The number of hydrogen-bond donors (Lipinski definition) is 2. The highest BCUT2D eigenvalue weighted by molar-refractivity contribution is 7.80. The molecule has 0 unspecified atom stereocenters. The molecule has 2 rings (SSSR count). The second-order valence-electron chi connectivity index (χ2n) is 6.21. The number of carbonyl (C=O) groups excluding carboxylic acids is 1. The van der Waals surface area contributed by atoms with Crippen molar-refractivity contribution in [1.82, 2.24) is 10.6 Å². The zero-order chi connectivity index (χ0) is 19.8. The lowest BCUT2D eigenvalue weighted by Crippen LogP contribution is -2.51. The van der Waals surface area contributed by atoms with Crippen molar-refractivity contribution in [3.05, 3.63) is 42.1 Å². The Balaban J connectivity index is 2.18. The zero-order valence-corrected chi connectivity index (χ0v) is 17.1. The normalized spacial score (nSPS) is 19.2. The highest BCUT2D eigenvalue weighted by Gasteiger charge is 2.37. The predicted octanol–water partition coefficient (Wildman–Crippen LogP) is 2.76. The fraction of sp³-hybridized carbons (Fsp3) is 0.500. The molecule has 2 N–H and O–H groups in total. The van der Waals surface area contributed by atoms with Gasteiger partial charge in [-0.3, -0.25) is 4.79 Å². The number of nitrogens with zero attached hydrogens (tertiary/aromatic N) is 1. The Bertz CT molecular complexity index is 659. The van der Waals surface area contributed by atoms with Gasteiger partial charge < -0.3 is 25.0 Å². The first-order valence-electron chi connectivity index (χ1n) is 9.37. The summed E-state index contributed by atoms with van der Waals surface area (Å²) in [5, 5.41) is 6.59. The number of rotatable bonds is 9. The minimum atomic E-state index is -0.572. The van der Waals surface area contributed by atoms with Crippen molar-refractivity contribution in [3.8, 4) is 0 Å². The standard InChI is InChI=1S/C20H29N3O3S/c1-5-23(6-2)16-10-8-15(9-11-16)18-17(14(4)21-20(27)22-18)19(24)26-13-12-25-7-3/h8-11,17-18H,4-7,12-13H2,1-3H3,(H2,21,22,27)/t17-,18+/m0/s1. The van der Waals surface area contributed by atoms with E-state index in [1.807, 2.05) is 19.1 Å². The summed E-state index contributed by atoms with van der Waals surface area (Å²) < 4.78 is 10.6. The SMILES string of the molecule is C=C1NC(=S)N[C@H](c2ccc(N(CC)CC)cc2)[C@H]1C(=O)OCCOCC. The van der Waals surface area contributed by atoms with Crippen LogP contribution in [0.5, 0.6) is 0 Å². The molecule has 1 aromatic carbocycles. The van der Waals surface area contributed by atoms with E-state index in [-0.39, 0.29) is 18.6 Å². The van der Waals surface area contributed by atoms with Crippen LogP contribution in [0.25, 0.3) is 0 Å². The molecule has 0 bridgehead atoms. The van der Waals surface area contributed by atoms with Crippen LogP contribution in [0, 0.1) is 5.92 Å². The van der Waals surface area contributed by atoms with Gasteiger partial charge in [-0.25, -0.2) is 0 Å². The van der Waals surface area contributed by atoms with E-state index in [0.717, 1.165) is 24.3 Å². The van der Waals surface area contributed by atoms with Crippen LogP contribution in [0.1, 0.15) is 32.4 Å². The molecule has 0 amide bonds. The van der Waals surface area contributed by atoms with E-state index in [1.165, 1.54) is 0 Å². The summed E-state index contributed by atoms with van der Waals surface area (Å²) in [5.74, 6) is -0.919. The number of benzene rings is 1. The molecule has 1 aliphatic heterocycles. The summed E-state index contributed by atoms with van der Waals surface area (Å²) in [6, 6.07) is 7.85. The molecule has 0 saturated carbocycles. The van der Waals surface area contributed by atoms with E-state index in [4.69, 9.17) is 21.7 Å². The van der Waals surface area contributed by atoms with Gasteiger partial charge in [0.05, 0.1) is 12.6 Å². The first kappa shape index (κ1) is 21.2. The van der Waals surface area contributed by atoms with Crippen LogP contribution >= 0.6 is 12.2 Å². The van der Waals surface area contributed by atoms with E-state index in [9.17, 15) is 4.79 Å². The van der Waals surface area contributed by atoms with E-state index >= 15 is 0 Å². The van der Waals surface area contributed by atoms with Crippen molar-refractivity contribution in [2.75, 3.05) is 37.8 Å². The van der Waals surface area contributed by atoms with Crippen LogP contribution in [-0.2, 0) is 14.3 Å². The molecule has 1 fully saturated rings. The third-order valence-electron chi connectivity index (χ3n) is 4.58. The Morgan fingerprint density at radius 1 is 1.19 bits per heavy atom. The number of hydrogen-bond acceptors (Lipinski definition) is 5. The Morgan fingerprint density at radius 3 is 2.44 bits per heavy atom. The molecule has 1 heterocycles. The van der Waals surface area contributed by atoms with Crippen molar-refractivity contribution in [2.45, 2.75) is 26.8 Å². The van der Waals surface area contributed by atoms with Gasteiger partial charge in [-0.15, -0.1) is 0 Å². The van der Waals surface area contributed by atoms with Gasteiger partial charge in [0.15, 0.2) is 5.11 Å². The van der Waals surface area contributed by atoms with Gasteiger partial charge in [0.25, 0.3) is 0 Å². The molecule has 1 aliphatic rings. The molecule has 6 nitrogen and oxygen atoms in total. The first-order chi connectivity index (χ1) is 13.0. The molecule has 0 radical (unpaired) electrons. The van der Waals surface area contributed by atoms with Crippen molar-refractivity contribution in [1.29, 1.82) is 0 Å². The number of thiocarbonyl (C=S) groups is 1. The van der Waals surface area contributed by atoms with Gasteiger partial charge in [0, 0.05) is 31.1 Å². The molecule has 148 valence electrons. The predicted molar refractivity (Wildman–Crippen MR) is 112 cm³/mol. The third kappa shape index (κ3) is 5.43. The van der Waals surface area contributed by atoms with Crippen molar-refractivity contribution < 1.29 is 14.3 Å². The van der Waals surface area contributed by atoms with Crippen LogP contribution < -0.4 is 15.5 Å². The highest BCUT2D eigenvalue weighted by Crippen LogP contribution is 2.31. The van der Waals surface area contributed by atoms with Gasteiger partial charge in [0.1, 0.15) is 12.5 Å². The number of ether oxygens (including phenoxy) is 2. The van der Waals surface area contributed by atoms with Gasteiger partial charge in [-0.05, 0) is 50.7 Å². The molecule has 0 aliphatic carbocycles. The van der Waals surface area contributed by atoms with Gasteiger partial charge in [-0.1, -0.05) is 18.7 Å². The first-order valence-corrected chi connectivity index (χ1v) is 9.78. The zero-order valence-electron chi connectivity index (χ0n) is 16.3. The molecule has 7 heteroatoms. The largest absolute Gasteiger partial charge is 0.463 e. The quantitative estimate of drug-likeness (QED) is 0.381. The molecule has 27 heavy (non-hydrogen) atoms. The molecular formula is C20H29N3O3S. The molecule has 2 atom stereocenters. The van der Waals surface area contributed by atoms with E-state index in [1.54, 1.807) is 0 Å². The smallest absolute Gasteiger partial charge is 0.317 e. The van der Waals surface area contributed by atoms with Gasteiger partial charge >= 0.3 is 5.97 Å². The Labute approximate surface area is 166 Å². The molecular weight excluding hydrogens is 362 g/mol. The van der Waals surface area contributed by atoms with Crippen molar-refractivity contribution >= 4 is 29.0 Å². The summed E-state index contributed by atoms with van der Waals surface area (Å²) in [5.41, 5.74) is 2.65. The fourth-order valence-corrected chi connectivity index (χ4v) is 3.41. The van der Waals surface area contributed by atoms with Crippen molar-refractivity contribution in [2.24, 2.45) is 5.92 Å². The number of nitrogens with one attached hydrogen (secondary N) is 2. The molecule has 1 saturated heterocycles. The summed E-state index contributed by atoms with van der Waals surface area (Å²) >= 11 is 5.26. The van der Waals surface area contributed by atoms with E-state index in [2.05, 4.69) is 48.1 Å². The Kier molecular flexibility index (Phi) is 8.06. The number of carbonyl (C=O) groups is 1. The number of anilines is 1. The lowest BCUT2D eigenvalue weighted by atomic mass is 9.89. The second-order valence-corrected chi connectivity index (χ2v) is 6.62. The minimum absolute atomic E-state index is 0.217. The number of esters is 1. The van der Waals surface area contributed by atoms with Gasteiger partial charge in [-0.2, -0.15) is 0 Å². The maximum absolute atomic E-state index is 12.7. The fourth-order valence-electron chi connectivity index (χ4n) is 3.16. The average Bonchev–Trinajstić information content (AvgIpc) is 2.66. The molecule has 1 aromatic rings. The van der Waals surface area contributed by atoms with Crippen molar-refractivity contribution in [3.63, 3.8) is 0 Å². The second kappa shape index (κ2) is 10.3. The minimum Gasteiger partial charge on any atom is -0.463 e. The van der Waals surface area contributed by atoms with Crippen LogP contribution in [0.15, 0.2) is 36.5 Å². The summed E-state index contributed by atoms with van der Waals surface area (Å²) in [6.07, 6.45) is 0. The van der Waals surface area contributed by atoms with Crippen LogP contribution in [-0.4, -0.2) is 44.0 Å². The topological polar surface area (TPSA) is 62.8 Å². The molecule has 0 spiro atoms. The lowest BCUT2D eigenvalue weighted by Gasteiger charge is -2.35. The van der Waals surface area contributed by atoms with Crippen LogP contribution in [0.2, 0.25) is 0 Å². The van der Waals surface area contributed by atoms with Crippen LogP contribution in [0.3, 0.4) is 0 Å². The average molecular weight is 392 g/mol. The third-order valence-corrected chi connectivity index (χ3v) is 4.80. The van der Waals surface area contributed by atoms with Gasteiger partial charge in [0.2, 0.25) is 0 Å². The van der Waals surface area contributed by atoms with Crippen LogP contribution in [0.4, 0.5) is 5.69 Å².